The number of benzene rings is 1. The van der Waals surface area contributed by atoms with Crippen LogP contribution in [0.25, 0.3) is 10.4 Å². The lowest BCUT2D eigenvalue weighted by Crippen LogP contribution is -2.02. The van der Waals surface area contributed by atoms with Gasteiger partial charge in [0.05, 0.1) is 6.54 Å². The van der Waals surface area contributed by atoms with Crippen molar-refractivity contribution in [2.45, 2.75) is 18.4 Å². The molecule has 0 radical (unpaired) electrons. The maximum Gasteiger partial charge on any atom is 0.488 e. The molecule has 0 saturated heterocycles. The van der Waals surface area contributed by atoms with Crippen LogP contribution in [0.15, 0.2) is 22.1 Å². The minimum Gasteiger partial charge on any atom is -0.358 e. The molecule has 1 aromatic rings. The molecule has 0 amide bonds. The van der Waals surface area contributed by atoms with E-state index in [-0.39, 0.29) is 12.3 Å². The van der Waals surface area contributed by atoms with E-state index in [1.54, 1.807) is 6.92 Å². The molecule has 17 heavy (non-hydrogen) atoms. The van der Waals surface area contributed by atoms with Crippen molar-refractivity contribution in [1.82, 2.24) is 0 Å². The largest absolute Gasteiger partial charge is 0.488 e. The minimum absolute atomic E-state index is 0.000569. The van der Waals surface area contributed by atoms with Gasteiger partial charge in [-0.3, -0.25) is 0 Å². The van der Waals surface area contributed by atoms with Gasteiger partial charge in [-0.2, -0.15) is 8.42 Å². The molecule has 0 atom stereocenters. The highest BCUT2D eigenvalue weighted by Crippen LogP contribution is 2.26. The van der Waals surface area contributed by atoms with E-state index in [1.807, 2.05) is 0 Å². The molecule has 0 saturated carbocycles. The summed E-state index contributed by atoms with van der Waals surface area (Å²) < 4.78 is 37.1. The fraction of sp³-hybridized carbons (Fsp3) is 0.250. The zero-order valence-electron chi connectivity index (χ0n) is 8.66. The van der Waals surface area contributed by atoms with E-state index in [1.165, 1.54) is 12.1 Å². The molecule has 1 aromatic carbocycles. The van der Waals surface area contributed by atoms with E-state index >= 15 is 0 Å². The molecule has 9 heteroatoms. The standard InChI is InChI=1S/C8H8FN3O3S2/c1-5-6(4-11-12-10)2-7(3-8(5)16)15-17(9,13)14/h2-3,16H,4H2,1H3. The van der Waals surface area contributed by atoms with Gasteiger partial charge in [-0.1, -0.05) is 9.00 Å². The summed E-state index contributed by atoms with van der Waals surface area (Å²) in [7, 11) is -5.08. The fourth-order valence-corrected chi connectivity index (χ4v) is 1.76. The Morgan fingerprint density at radius 1 is 1.59 bits per heavy atom. The SMILES string of the molecule is Cc1c(S)cc(OS(=O)(=O)F)cc1CN=[N+]=[N-]. The molecule has 0 N–H and O–H groups in total. The molecule has 0 aliphatic rings. The molecule has 0 spiro atoms. The third-order valence-electron chi connectivity index (χ3n) is 1.96. The summed E-state index contributed by atoms with van der Waals surface area (Å²) in [6.45, 7) is 1.71. The zero-order chi connectivity index (χ0) is 13.1. The first kappa shape index (κ1) is 13.6. The highest BCUT2D eigenvalue weighted by Gasteiger charge is 2.12. The van der Waals surface area contributed by atoms with Crippen LogP contribution in [0, 0.1) is 6.92 Å². The number of hydrogen-bond donors (Lipinski definition) is 1. The molecular weight excluding hydrogens is 269 g/mol. The highest BCUT2D eigenvalue weighted by atomic mass is 32.3. The van der Waals surface area contributed by atoms with Gasteiger partial charge in [0.25, 0.3) is 0 Å². The van der Waals surface area contributed by atoms with Gasteiger partial charge in [0.15, 0.2) is 0 Å². The van der Waals surface area contributed by atoms with E-state index in [0.29, 0.717) is 16.0 Å². The van der Waals surface area contributed by atoms with Crippen LogP contribution in [-0.4, -0.2) is 8.42 Å². The number of azide groups is 1. The van der Waals surface area contributed by atoms with Crippen molar-refractivity contribution in [2.24, 2.45) is 5.11 Å². The lowest BCUT2D eigenvalue weighted by Gasteiger charge is -2.08. The summed E-state index contributed by atoms with van der Waals surface area (Å²) >= 11 is 4.08. The number of hydrogen-bond acceptors (Lipinski definition) is 5. The van der Waals surface area contributed by atoms with E-state index in [2.05, 4.69) is 26.8 Å². The molecule has 0 unspecified atom stereocenters. The summed E-state index contributed by atoms with van der Waals surface area (Å²) in [6, 6.07) is 2.54. The maximum atomic E-state index is 12.3. The van der Waals surface area contributed by atoms with Gasteiger partial charge < -0.3 is 4.18 Å². The molecule has 1 rings (SSSR count). The van der Waals surface area contributed by atoms with Crippen LogP contribution >= 0.6 is 12.6 Å². The average molecular weight is 277 g/mol. The van der Waals surface area contributed by atoms with Crippen molar-refractivity contribution in [1.29, 1.82) is 0 Å². The van der Waals surface area contributed by atoms with Gasteiger partial charge in [-0.05, 0) is 35.7 Å². The van der Waals surface area contributed by atoms with Gasteiger partial charge in [0, 0.05) is 9.81 Å². The van der Waals surface area contributed by atoms with Crippen LogP contribution in [0.2, 0.25) is 0 Å². The quantitative estimate of drug-likeness (QED) is 0.301. The number of rotatable bonds is 4. The molecule has 0 fully saturated rings. The van der Waals surface area contributed by atoms with Crippen LogP contribution in [0.4, 0.5) is 3.89 Å². The topological polar surface area (TPSA) is 92.1 Å². The molecule has 0 aliphatic carbocycles. The predicted molar refractivity (Wildman–Crippen MR) is 61.9 cm³/mol. The van der Waals surface area contributed by atoms with Gasteiger partial charge in [0.2, 0.25) is 0 Å². The van der Waals surface area contributed by atoms with Crippen molar-refractivity contribution >= 4 is 23.1 Å². The fourth-order valence-electron chi connectivity index (χ4n) is 1.16. The van der Waals surface area contributed by atoms with Gasteiger partial charge >= 0.3 is 10.5 Å². The Morgan fingerprint density at radius 3 is 2.76 bits per heavy atom. The van der Waals surface area contributed by atoms with E-state index in [0.717, 1.165) is 0 Å². The Bertz CT molecular complexity index is 582. The minimum atomic E-state index is -5.08. The van der Waals surface area contributed by atoms with Crippen molar-refractivity contribution in [3.8, 4) is 5.75 Å². The van der Waals surface area contributed by atoms with Gasteiger partial charge in [-0.15, -0.1) is 12.6 Å². The van der Waals surface area contributed by atoms with Crippen molar-refractivity contribution in [3.05, 3.63) is 33.7 Å². The molecule has 0 aliphatic heterocycles. The molecule has 0 aromatic heterocycles. The number of thiol groups is 1. The first-order chi connectivity index (χ1) is 7.83. The van der Waals surface area contributed by atoms with E-state index < -0.39 is 10.5 Å². The lowest BCUT2D eigenvalue weighted by molar-refractivity contribution is 0.439. The maximum absolute atomic E-state index is 12.3. The second kappa shape index (κ2) is 5.26. The monoisotopic (exact) mass is 277 g/mol. The van der Waals surface area contributed by atoms with Crippen LogP contribution in [0.5, 0.6) is 5.75 Å². The Morgan fingerprint density at radius 2 is 2.24 bits per heavy atom. The third kappa shape index (κ3) is 4.14. The summed E-state index contributed by atoms with van der Waals surface area (Å²) in [5.74, 6) is -0.216. The average Bonchev–Trinajstić information content (AvgIpc) is 2.18. The third-order valence-corrected chi connectivity index (χ3v) is 2.82. The second-order valence-electron chi connectivity index (χ2n) is 3.09. The number of nitrogens with zero attached hydrogens (tertiary/aromatic N) is 3. The number of halogens is 1. The first-order valence-corrected chi connectivity index (χ1v) is 6.06. The lowest BCUT2D eigenvalue weighted by atomic mass is 10.1. The molecule has 92 valence electrons. The molecule has 0 heterocycles. The summed E-state index contributed by atoms with van der Waals surface area (Å²) in [4.78, 5) is 2.98. The van der Waals surface area contributed by atoms with Crippen LogP contribution in [0.3, 0.4) is 0 Å². The highest BCUT2D eigenvalue weighted by molar-refractivity contribution is 7.81. The Kier molecular flexibility index (Phi) is 4.22. The van der Waals surface area contributed by atoms with E-state index in [9.17, 15) is 12.3 Å². The van der Waals surface area contributed by atoms with Gasteiger partial charge in [0.1, 0.15) is 5.75 Å². The smallest absolute Gasteiger partial charge is 0.358 e. The van der Waals surface area contributed by atoms with Crippen LogP contribution < -0.4 is 4.18 Å². The summed E-state index contributed by atoms with van der Waals surface area (Å²) in [5, 5.41) is 3.33. The van der Waals surface area contributed by atoms with Crippen LogP contribution in [0.1, 0.15) is 11.1 Å². The van der Waals surface area contributed by atoms with Crippen molar-refractivity contribution < 1.29 is 16.5 Å². The van der Waals surface area contributed by atoms with Crippen molar-refractivity contribution in [2.75, 3.05) is 0 Å². The van der Waals surface area contributed by atoms with Crippen molar-refractivity contribution in [3.63, 3.8) is 0 Å². The molecule has 0 bridgehead atoms. The molecule has 6 nitrogen and oxygen atoms in total. The van der Waals surface area contributed by atoms with Crippen LogP contribution in [-0.2, 0) is 17.0 Å². The zero-order valence-corrected chi connectivity index (χ0v) is 10.4. The normalized spacial score (nSPS) is 10.8. The second-order valence-corrected chi connectivity index (χ2v) is 4.53. The summed E-state index contributed by atoms with van der Waals surface area (Å²) in [6.07, 6.45) is 0. The Balaban J connectivity index is 3.18. The summed E-state index contributed by atoms with van der Waals surface area (Å²) in [5.41, 5.74) is 9.40. The predicted octanol–water partition coefficient (Wildman–Crippen LogP) is 2.69. The first-order valence-electron chi connectivity index (χ1n) is 4.31. The molecular formula is C8H8FN3O3S2. The van der Waals surface area contributed by atoms with E-state index in [4.69, 9.17) is 5.53 Å². The Hall–Kier alpha value is -1.44. The van der Waals surface area contributed by atoms with Gasteiger partial charge in [-0.25, -0.2) is 0 Å². The Labute approximate surface area is 103 Å².